The Morgan fingerprint density at radius 2 is 0.946 bits per heavy atom. The Labute approximate surface area is 220 Å². The van der Waals surface area contributed by atoms with Crippen molar-refractivity contribution >= 4 is 56.3 Å². The maximum atomic E-state index is 12.6. The highest BCUT2D eigenvalue weighted by Gasteiger charge is 2.16. The predicted molar refractivity (Wildman–Crippen MR) is 144 cm³/mol. The molecule has 4 N–H and O–H groups in total. The van der Waals surface area contributed by atoms with Crippen LogP contribution in [0.2, 0.25) is 0 Å². The van der Waals surface area contributed by atoms with Gasteiger partial charge in [-0.1, -0.05) is 0 Å². The minimum atomic E-state index is -0.347. The molecule has 4 aromatic rings. The first-order valence-electron chi connectivity index (χ1n) is 11.0. The molecule has 0 bridgehead atoms. The van der Waals surface area contributed by atoms with Crippen molar-refractivity contribution in [1.82, 2.24) is 10.6 Å². The standard InChI is InChI=1S/C26H22N4O5S2/c1-27-23(33)19-11-13-36-25(19)29-21(31)15-3-7-17(8-4-15)35-18-9-5-16(6-10-18)22(32)30-26-20(12-14-37-26)24(34)28-2/h3-14H,1-2H3,(H,27,33)(H,28,34)(H,29,31)(H,30,32). The minimum absolute atomic E-state index is 0.274. The molecule has 0 aliphatic rings. The molecule has 0 atom stereocenters. The van der Waals surface area contributed by atoms with Crippen LogP contribution < -0.4 is 26.0 Å². The van der Waals surface area contributed by atoms with E-state index in [2.05, 4.69) is 21.3 Å². The van der Waals surface area contributed by atoms with Crippen LogP contribution in [0.5, 0.6) is 11.5 Å². The van der Waals surface area contributed by atoms with Crippen LogP contribution in [0.15, 0.2) is 71.4 Å². The van der Waals surface area contributed by atoms with Crippen LogP contribution in [0.3, 0.4) is 0 Å². The summed E-state index contributed by atoms with van der Waals surface area (Å²) in [5.74, 6) is -0.234. The second-order valence-electron chi connectivity index (χ2n) is 7.54. The third-order valence-electron chi connectivity index (χ3n) is 5.20. The zero-order valence-electron chi connectivity index (χ0n) is 19.8. The lowest BCUT2D eigenvalue weighted by Crippen LogP contribution is -2.20. The van der Waals surface area contributed by atoms with Crippen molar-refractivity contribution in [3.05, 3.63) is 93.7 Å². The van der Waals surface area contributed by atoms with Crippen molar-refractivity contribution in [3.8, 4) is 11.5 Å². The van der Waals surface area contributed by atoms with E-state index in [0.717, 1.165) is 0 Å². The Morgan fingerprint density at radius 1 is 0.568 bits per heavy atom. The fourth-order valence-electron chi connectivity index (χ4n) is 3.27. The van der Waals surface area contributed by atoms with Crippen LogP contribution >= 0.6 is 22.7 Å². The van der Waals surface area contributed by atoms with Gasteiger partial charge in [-0.15, -0.1) is 22.7 Å². The molecule has 188 valence electrons. The van der Waals surface area contributed by atoms with Gasteiger partial charge >= 0.3 is 0 Å². The number of amides is 4. The van der Waals surface area contributed by atoms with Crippen molar-refractivity contribution in [2.45, 2.75) is 0 Å². The molecule has 2 aromatic heterocycles. The van der Waals surface area contributed by atoms with E-state index in [1.807, 2.05) is 0 Å². The average molecular weight is 535 g/mol. The van der Waals surface area contributed by atoms with Gasteiger partial charge in [0, 0.05) is 25.2 Å². The minimum Gasteiger partial charge on any atom is -0.457 e. The fourth-order valence-corrected chi connectivity index (χ4v) is 4.83. The Bertz CT molecular complexity index is 1330. The number of rotatable bonds is 8. The van der Waals surface area contributed by atoms with Gasteiger partial charge in [-0.2, -0.15) is 0 Å². The molecule has 0 aliphatic carbocycles. The van der Waals surface area contributed by atoms with Gasteiger partial charge in [0.25, 0.3) is 23.6 Å². The van der Waals surface area contributed by atoms with Crippen LogP contribution in [0.4, 0.5) is 10.0 Å². The molecule has 9 nitrogen and oxygen atoms in total. The van der Waals surface area contributed by atoms with Gasteiger partial charge in [-0.05, 0) is 71.4 Å². The van der Waals surface area contributed by atoms with E-state index in [-0.39, 0.29) is 23.6 Å². The van der Waals surface area contributed by atoms with Gasteiger partial charge in [-0.3, -0.25) is 19.2 Å². The predicted octanol–water partition coefficient (Wildman–Crippen LogP) is 4.83. The summed E-state index contributed by atoms with van der Waals surface area (Å²) >= 11 is 2.53. The van der Waals surface area contributed by atoms with Crippen molar-refractivity contribution in [2.75, 3.05) is 24.7 Å². The summed E-state index contributed by atoms with van der Waals surface area (Å²) in [6.07, 6.45) is 0. The molecule has 2 heterocycles. The zero-order chi connectivity index (χ0) is 26.4. The van der Waals surface area contributed by atoms with E-state index in [1.54, 1.807) is 71.4 Å². The van der Waals surface area contributed by atoms with Gasteiger partial charge in [0.05, 0.1) is 11.1 Å². The number of hydrogen-bond acceptors (Lipinski definition) is 7. The summed E-state index contributed by atoms with van der Waals surface area (Å²) in [6, 6.07) is 16.4. The number of nitrogens with one attached hydrogen (secondary N) is 4. The third kappa shape index (κ3) is 6.02. The van der Waals surface area contributed by atoms with E-state index in [9.17, 15) is 19.2 Å². The van der Waals surface area contributed by atoms with E-state index in [0.29, 0.717) is 43.8 Å². The van der Waals surface area contributed by atoms with E-state index < -0.39 is 0 Å². The van der Waals surface area contributed by atoms with Gasteiger partial charge in [-0.25, -0.2) is 0 Å². The van der Waals surface area contributed by atoms with Crippen LogP contribution in [-0.2, 0) is 0 Å². The largest absolute Gasteiger partial charge is 0.457 e. The normalized spacial score (nSPS) is 10.3. The Kier molecular flexibility index (Phi) is 7.96. The second kappa shape index (κ2) is 11.5. The fraction of sp³-hybridized carbons (Fsp3) is 0.0769. The van der Waals surface area contributed by atoms with Gasteiger partial charge < -0.3 is 26.0 Å². The lowest BCUT2D eigenvalue weighted by molar-refractivity contribution is 0.0955. The summed E-state index contributed by atoms with van der Waals surface area (Å²) in [6.45, 7) is 0. The lowest BCUT2D eigenvalue weighted by atomic mass is 10.2. The summed E-state index contributed by atoms with van der Waals surface area (Å²) in [5.41, 5.74) is 1.61. The van der Waals surface area contributed by atoms with E-state index >= 15 is 0 Å². The number of ether oxygens (including phenoxy) is 1. The third-order valence-corrected chi connectivity index (χ3v) is 6.86. The van der Waals surface area contributed by atoms with Crippen molar-refractivity contribution < 1.29 is 23.9 Å². The highest BCUT2D eigenvalue weighted by atomic mass is 32.1. The van der Waals surface area contributed by atoms with Gasteiger partial charge in [0.15, 0.2) is 0 Å². The average Bonchev–Trinajstić information content (AvgIpc) is 3.58. The summed E-state index contributed by atoms with van der Waals surface area (Å²) in [7, 11) is 3.06. The Hall–Kier alpha value is -4.48. The summed E-state index contributed by atoms with van der Waals surface area (Å²) < 4.78 is 5.82. The Morgan fingerprint density at radius 3 is 1.30 bits per heavy atom. The molecule has 4 rings (SSSR count). The van der Waals surface area contributed by atoms with Crippen molar-refractivity contribution in [1.29, 1.82) is 0 Å². The van der Waals surface area contributed by atoms with Gasteiger partial charge in [0.2, 0.25) is 0 Å². The molecule has 0 saturated carbocycles. The second-order valence-corrected chi connectivity index (χ2v) is 9.38. The van der Waals surface area contributed by atoms with Crippen LogP contribution in [0.25, 0.3) is 0 Å². The summed E-state index contributed by atoms with van der Waals surface area (Å²) in [4.78, 5) is 49.0. The molecule has 4 amide bonds. The molecule has 11 heteroatoms. The molecule has 0 unspecified atom stereocenters. The smallest absolute Gasteiger partial charge is 0.256 e. The van der Waals surface area contributed by atoms with Crippen LogP contribution in [0, 0.1) is 0 Å². The number of anilines is 2. The molecule has 0 radical (unpaired) electrons. The van der Waals surface area contributed by atoms with Gasteiger partial charge in [0.1, 0.15) is 21.5 Å². The topological polar surface area (TPSA) is 126 Å². The maximum absolute atomic E-state index is 12.6. The number of carbonyl (C=O) groups excluding carboxylic acids is 4. The highest BCUT2D eigenvalue weighted by Crippen LogP contribution is 2.27. The monoisotopic (exact) mass is 534 g/mol. The maximum Gasteiger partial charge on any atom is 0.256 e. The van der Waals surface area contributed by atoms with E-state index in [1.165, 1.54) is 36.8 Å². The number of benzene rings is 2. The molecular formula is C26H22N4O5S2. The van der Waals surface area contributed by atoms with Crippen LogP contribution in [-0.4, -0.2) is 37.7 Å². The molecular weight excluding hydrogens is 512 g/mol. The zero-order valence-corrected chi connectivity index (χ0v) is 21.4. The first kappa shape index (κ1) is 25.6. The molecule has 0 saturated heterocycles. The molecule has 37 heavy (non-hydrogen) atoms. The van der Waals surface area contributed by atoms with Crippen LogP contribution in [0.1, 0.15) is 41.4 Å². The van der Waals surface area contributed by atoms with Crippen molar-refractivity contribution in [2.24, 2.45) is 0 Å². The molecule has 2 aromatic carbocycles. The van der Waals surface area contributed by atoms with Crippen molar-refractivity contribution in [3.63, 3.8) is 0 Å². The number of thiophene rings is 2. The molecule has 0 fully saturated rings. The first-order chi connectivity index (χ1) is 17.9. The van der Waals surface area contributed by atoms with E-state index in [4.69, 9.17) is 4.74 Å². The molecule has 0 aliphatic heterocycles. The summed E-state index contributed by atoms with van der Waals surface area (Å²) in [5, 5.41) is 15.0. The Balaban J connectivity index is 1.36. The molecule has 0 spiro atoms. The SMILES string of the molecule is CNC(=O)c1ccsc1NC(=O)c1ccc(Oc2ccc(C(=O)Nc3sccc3C(=O)NC)cc2)cc1. The highest BCUT2D eigenvalue weighted by molar-refractivity contribution is 7.15. The lowest BCUT2D eigenvalue weighted by Gasteiger charge is -2.09. The quantitative estimate of drug-likeness (QED) is 0.258. The first-order valence-corrected chi connectivity index (χ1v) is 12.8. The number of hydrogen-bond donors (Lipinski definition) is 4. The number of carbonyl (C=O) groups is 4.